The minimum absolute atomic E-state index is 1.19. The summed E-state index contributed by atoms with van der Waals surface area (Å²) in [5.74, 6) is 0. The summed E-state index contributed by atoms with van der Waals surface area (Å²) in [5, 5.41) is 3.19. The van der Waals surface area contributed by atoms with Crippen molar-refractivity contribution in [2.75, 3.05) is 13.6 Å². The number of unbranched alkanes of at least 4 members (excludes halogenated alkanes) is 9. The first kappa shape index (κ1) is 21.4. The Morgan fingerprint density at radius 1 is 0.789 bits per heavy atom. The van der Waals surface area contributed by atoms with Gasteiger partial charge in [0.05, 0.1) is 0 Å². The third kappa shape index (κ3) is 38.1. The highest BCUT2D eigenvalue weighted by Gasteiger charge is 2.00. The molecule has 0 aromatic carbocycles. The average Bonchev–Trinajstić information content (AvgIpc) is 2.29. The predicted molar refractivity (Wildman–Crippen MR) is 80.0 cm³/mol. The Balaban J connectivity index is 0. The first-order valence-electron chi connectivity index (χ1n) is 7.34. The van der Waals surface area contributed by atoms with Crippen molar-refractivity contribution in [1.82, 2.24) is 5.32 Å². The van der Waals surface area contributed by atoms with Gasteiger partial charge in [0.1, 0.15) is 0 Å². The van der Waals surface area contributed by atoms with Crippen molar-refractivity contribution in [2.24, 2.45) is 0 Å². The number of nitrogens with one attached hydrogen (secondary N) is 1. The SMILES string of the molecule is CCCCCCCCCCCCNC.O=P(O)(O)O. The van der Waals surface area contributed by atoms with Crippen LogP contribution in [0.2, 0.25) is 0 Å². The Morgan fingerprint density at radius 2 is 1.11 bits per heavy atom. The van der Waals surface area contributed by atoms with Gasteiger partial charge in [-0.25, -0.2) is 4.57 Å². The van der Waals surface area contributed by atoms with E-state index in [1.807, 2.05) is 7.05 Å². The molecule has 0 aliphatic heterocycles. The summed E-state index contributed by atoms with van der Waals surface area (Å²) in [5.41, 5.74) is 0. The van der Waals surface area contributed by atoms with Gasteiger partial charge in [-0.15, -0.1) is 0 Å². The Labute approximate surface area is 118 Å². The third-order valence-corrected chi connectivity index (χ3v) is 2.78. The molecule has 19 heavy (non-hydrogen) atoms. The second-order valence-electron chi connectivity index (χ2n) is 4.80. The third-order valence-electron chi connectivity index (χ3n) is 2.78. The maximum Gasteiger partial charge on any atom is 0.466 e. The molecule has 0 rings (SSSR count). The topological polar surface area (TPSA) is 89.8 Å². The second-order valence-corrected chi connectivity index (χ2v) is 5.83. The van der Waals surface area contributed by atoms with E-state index in [-0.39, 0.29) is 0 Å². The van der Waals surface area contributed by atoms with Crippen LogP contribution in [-0.4, -0.2) is 28.3 Å². The Hall–Kier alpha value is 0.0700. The van der Waals surface area contributed by atoms with Crippen molar-refractivity contribution in [2.45, 2.75) is 71.1 Å². The molecule has 0 aromatic rings. The van der Waals surface area contributed by atoms with Crippen molar-refractivity contribution in [1.29, 1.82) is 0 Å². The fourth-order valence-corrected chi connectivity index (χ4v) is 1.79. The second kappa shape index (κ2) is 16.1. The minimum atomic E-state index is -4.64. The molecule has 4 N–H and O–H groups in total. The lowest BCUT2D eigenvalue weighted by molar-refractivity contribution is 0.275. The standard InChI is InChI=1S/C13H29N.H3O4P/c1-3-4-5-6-7-8-9-10-11-12-13-14-2;1-5(2,3)4/h14H,3-13H2,1-2H3;(H3,1,2,3,4). The van der Waals surface area contributed by atoms with E-state index < -0.39 is 7.82 Å². The molecule has 0 atom stereocenters. The van der Waals surface area contributed by atoms with Crippen LogP contribution in [0.15, 0.2) is 0 Å². The van der Waals surface area contributed by atoms with Crippen molar-refractivity contribution in [3.63, 3.8) is 0 Å². The first-order valence-corrected chi connectivity index (χ1v) is 8.91. The van der Waals surface area contributed by atoms with Crippen molar-refractivity contribution >= 4 is 7.82 Å². The molecule has 118 valence electrons. The van der Waals surface area contributed by atoms with E-state index >= 15 is 0 Å². The van der Waals surface area contributed by atoms with E-state index in [1.54, 1.807) is 0 Å². The van der Waals surface area contributed by atoms with E-state index in [2.05, 4.69) is 12.2 Å². The van der Waals surface area contributed by atoms with Crippen LogP contribution in [-0.2, 0) is 4.57 Å². The zero-order chi connectivity index (χ0) is 15.0. The highest BCUT2D eigenvalue weighted by atomic mass is 31.2. The Morgan fingerprint density at radius 3 is 1.42 bits per heavy atom. The molecule has 0 bridgehead atoms. The van der Waals surface area contributed by atoms with Crippen molar-refractivity contribution in [3.8, 4) is 0 Å². The molecule has 0 amide bonds. The van der Waals surface area contributed by atoms with E-state index in [9.17, 15) is 0 Å². The van der Waals surface area contributed by atoms with Gasteiger partial charge in [0.25, 0.3) is 0 Å². The van der Waals surface area contributed by atoms with Crippen LogP contribution < -0.4 is 5.32 Å². The monoisotopic (exact) mass is 297 g/mol. The van der Waals surface area contributed by atoms with Crippen molar-refractivity contribution < 1.29 is 19.2 Å². The summed E-state index contributed by atoms with van der Waals surface area (Å²) in [6.45, 7) is 3.47. The lowest BCUT2D eigenvalue weighted by Crippen LogP contribution is -2.06. The van der Waals surface area contributed by atoms with Gasteiger partial charge >= 0.3 is 7.82 Å². The summed E-state index contributed by atoms with van der Waals surface area (Å²) in [7, 11) is -2.60. The summed E-state index contributed by atoms with van der Waals surface area (Å²) >= 11 is 0. The quantitative estimate of drug-likeness (QED) is 0.347. The van der Waals surface area contributed by atoms with Gasteiger partial charge in [-0.05, 0) is 20.0 Å². The summed E-state index contributed by atoms with van der Waals surface area (Å²) in [6.07, 6.45) is 14.3. The molecule has 0 heterocycles. The molecular formula is C13H32NO4P. The van der Waals surface area contributed by atoms with Crippen LogP contribution >= 0.6 is 7.82 Å². The maximum atomic E-state index is 8.88. The summed E-state index contributed by atoms with van der Waals surface area (Å²) < 4.78 is 8.88. The van der Waals surface area contributed by atoms with Gasteiger partial charge in [0.2, 0.25) is 0 Å². The molecule has 0 radical (unpaired) electrons. The van der Waals surface area contributed by atoms with Crippen LogP contribution in [0.4, 0.5) is 0 Å². The van der Waals surface area contributed by atoms with Gasteiger partial charge in [0, 0.05) is 0 Å². The van der Waals surface area contributed by atoms with Gasteiger partial charge in [-0.1, -0.05) is 64.7 Å². The average molecular weight is 297 g/mol. The smallest absolute Gasteiger partial charge is 0.320 e. The zero-order valence-electron chi connectivity index (χ0n) is 12.5. The van der Waals surface area contributed by atoms with Gasteiger partial charge in [-0.2, -0.15) is 0 Å². The largest absolute Gasteiger partial charge is 0.466 e. The number of phosphoric acid groups is 1. The molecule has 0 unspecified atom stereocenters. The molecule has 0 saturated heterocycles. The minimum Gasteiger partial charge on any atom is -0.320 e. The van der Waals surface area contributed by atoms with Gasteiger partial charge in [-0.3, -0.25) is 0 Å². The van der Waals surface area contributed by atoms with Crippen LogP contribution in [0.3, 0.4) is 0 Å². The molecule has 0 aliphatic rings. The maximum absolute atomic E-state index is 8.88. The normalized spacial score (nSPS) is 11.0. The van der Waals surface area contributed by atoms with E-state index in [1.165, 1.54) is 70.8 Å². The lowest BCUT2D eigenvalue weighted by atomic mass is 10.1. The van der Waals surface area contributed by atoms with E-state index in [4.69, 9.17) is 19.2 Å². The first-order chi connectivity index (χ1) is 8.91. The Bertz CT molecular complexity index is 189. The fraction of sp³-hybridized carbons (Fsp3) is 1.00. The fourth-order valence-electron chi connectivity index (χ4n) is 1.79. The number of rotatable bonds is 11. The van der Waals surface area contributed by atoms with E-state index in [0.29, 0.717) is 0 Å². The summed E-state index contributed by atoms with van der Waals surface area (Å²) in [4.78, 5) is 21.6. The number of hydrogen-bond acceptors (Lipinski definition) is 2. The molecule has 0 spiro atoms. The van der Waals surface area contributed by atoms with Crippen LogP contribution in [0.25, 0.3) is 0 Å². The van der Waals surface area contributed by atoms with Gasteiger partial charge < -0.3 is 20.0 Å². The van der Waals surface area contributed by atoms with E-state index in [0.717, 1.165) is 0 Å². The van der Waals surface area contributed by atoms with Crippen LogP contribution in [0, 0.1) is 0 Å². The molecule has 0 aromatic heterocycles. The number of hydrogen-bond donors (Lipinski definition) is 4. The predicted octanol–water partition coefficient (Wildman–Crippen LogP) is 3.20. The summed E-state index contributed by atoms with van der Waals surface area (Å²) in [6, 6.07) is 0. The molecule has 5 nitrogen and oxygen atoms in total. The van der Waals surface area contributed by atoms with Crippen LogP contribution in [0.5, 0.6) is 0 Å². The zero-order valence-corrected chi connectivity index (χ0v) is 13.4. The molecular weight excluding hydrogens is 265 g/mol. The van der Waals surface area contributed by atoms with Crippen molar-refractivity contribution in [3.05, 3.63) is 0 Å². The molecule has 0 saturated carbocycles. The molecule has 0 fully saturated rings. The van der Waals surface area contributed by atoms with Gasteiger partial charge in [0.15, 0.2) is 0 Å². The van der Waals surface area contributed by atoms with Crippen LogP contribution in [0.1, 0.15) is 71.1 Å². The molecule has 0 aliphatic carbocycles. The Kier molecular flexibility index (Phi) is 18.1. The highest BCUT2D eigenvalue weighted by Crippen LogP contribution is 2.25. The molecule has 6 heteroatoms. The highest BCUT2D eigenvalue weighted by molar-refractivity contribution is 7.45. The lowest BCUT2D eigenvalue weighted by Gasteiger charge is -2.01.